The predicted octanol–water partition coefficient (Wildman–Crippen LogP) is 3.15. The van der Waals surface area contributed by atoms with Gasteiger partial charge >= 0.3 is 0 Å². The number of fused-ring (bicyclic) bond motifs is 1. The van der Waals surface area contributed by atoms with Crippen molar-refractivity contribution in [3.8, 4) is 0 Å². The first kappa shape index (κ1) is 13.5. The van der Waals surface area contributed by atoms with Crippen molar-refractivity contribution in [3.63, 3.8) is 0 Å². The Morgan fingerprint density at radius 3 is 2.77 bits per heavy atom. The maximum atomic E-state index is 14.1. The summed E-state index contributed by atoms with van der Waals surface area (Å²) in [7, 11) is 0. The molecule has 0 unspecified atom stereocenters. The summed E-state index contributed by atoms with van der Waals surface area (Å²) in [4.78, 5) is 16.0. The summed E-state index contributed by atoms with van der Waals surface area (Å²) in [6.07, 6.45) is 0.0852. The maximum Gasteiger partial charge on any atom is 0.217 e. The Hall–Kier alpha value is -2.18. The third-order valence-electron chi connectivity index (χ3n) is 4.15. The van der Waals surface area contributed by atoms with Crippen molar-refractivity contribution >= 4 is 5.78 Å². The van der Waals surface area contributed by atoms with Crippen LogP contribution >= 0.6 is 0 Å². The largest absolute Gasteiger partial charge is 0.290 e. The van der Waals surface area contributed by atoms with Crippen LogP contribution in [0.25, 0.3) is 0 Å². The van der Waals surface area contributed by atoms with Gasteiger partial charge in [-0.3, -0.25) is 4.79 Å². The van der Waals surface area contributed by atoms with Gasteiger partial charge in [0, 0.05) is 17.9 Å². The summed E-state index contributed by atoms with van der Waals surface area (Å²) in [5.41, 5.74) is 0.0247. The minimum absolute atomic E-state index is 0.0117. The van der Waals surface area contributed by atoms with Crippen molar-refractivity contribution in [2.45, 2.75) is 31.5 Å². The fourth-order valence-electron chi connectivity index (χ4n) is 2.84. The van der Waals surface area contributed by atoms with Crippen molar-refractivity contribution in [3.05, 3.63) is 47.0 Å². The van der Waals surface area contributed by atoms with Gasteiger partial charge in [0.1, 0.15) is 11.6 Å². The van der Waals surface area contributed by atoms with E-state index in [1.807, 2.05) is 0 Å². The molecule has 2 heterocycles. The van der Waals surface area contributed by atoms with Crippen molar-refractivity contribution in [1.82, 2.24) is 14.8 Å². The van der Waals surface area contributed by atoms with E-state index in [-0.39, 0.29) is 35.3 Å². The second-order valence-electron chi connectivity index (χ2n) is 5.76. The lowest BCUT2D eigenvalue weighted by Crippen LogP contribution is -2.12. The standard InChI is InChI=1S/C15H12F3N3O/c16-8-3-4-10(17)9(5-8)12-6-11(18)15-19-14(20-21(12)15)13(22)7-1-2-7/h3-5,7,11-12H,1-2,6H2/t11-,12-/m0/s1. The molecule has 1 aromatic carbocycles. The van der Waals surface area contributed by atoms with E-state index >= 15 is 0 Å². The van der Waals surface area contributed by atoms with Crippen LogP contribution in [0, 0.1) is 17.6 Å². The number of Topliss-reactive ketones (excluding diaryl/α,β-unsaturated/α-hetero) is 1. The Kier molecular flexibility index (Phi) is 2.85. The molecule has 0 amide bonds. The lowest BCUT2D eigenvalue weighted by Gasteiger charge is -2.12. The predicted molar refractivity (Wildman–Crippen MR) is 70.0 cm³/mol. The average molecular weight is 307 g/mol. The highest BCUT2D eigenvalue weighted by molar-refractivity contribution is 5.95. The first-order valence-corrected chi connectivity index (χ1v) is 7.14. The van der Waals surface area contributed by atoms with Crippen LogP contribution in [-0.2, 0) is 0 Å². The Morgan fingerprint density at radius 1 is 1.27 bits per heavy atom. The quantitative estimate of drug-likeness (QED) is 0.818. The zero-order valence-corrected chi connectivity index (χ0v) is 11.5. The minimum Gasteiger partial charge on any atom is -0.290 e. The number of nitrogens with zero attached hydrogens (tertiary/aromatic N) is 3. The van der Waals surface area contributed by atoms with E-state index in [0.29, 0.717) is 0 Å². The maximum absolute atomic E-state index is 14.1. The van der Waals surface area contributed by atoms with Crippen LogP contribution in [0.15, 0.2) is 18.2 Å². The normalized spacial score (nSPS) is 23.6. The van der Waals surface area contributed by atoms with Gasteiger partial charge in [-0.15, -0.1) is 5.10 Å². The van der Waals surface area contributed by atoms with Crippen molar-refractivity contribution < 1.29 is 18.0 Å². The number of benzene rings is 1. The average Bonchev–Trinajstić information content (AvgIpc) is 3.17. The van der Waals surface area contributed by atoms with Crippen LogP contribution in [0.1, 0.15) is 53.5 Å². The third-order valence-corrected chi connectivity index (χ3v) is 4.15. The number of ketones is 1. The summed E-state index contributed by atoms with van der Waals surface area (Å²) >= 11 is 0. The smallest absolute Gasteiger partial charge is 0.217 e. The first-order valence-electron chi connectivity index (χ1n) is 7.14. The van der Waals surface area contributed by atoms with Gasteiger partial charge in [0.25, 0.3) is 0 Å². The SMILES string of the molecule is O=C(c1nc2n(n1)[C@H](c1cc(F)ccc1F)C[C@@H]2F)C1CC1. The molecule has 4 nitrogen and oxygen atoms in total. The second kappa shape index (κ2) is 4.66. The van der Waals surface area contributed by atoms with Crippen molar-refractivity contribution in [2.24, 2.45) is 5.92 Å². The number of carbonyl (C=O) groups excluding carboxylic acids is 1. The van der Waals surface area contributed by atoms with E-state index in [1.54, 1.807) is 0 Å². The molecule has 0 spiro atoms. The fraction of sp³-hybridized carbons (Fsp3) is 0.400. The van der Waals surface area contributed by atoms with Gasteiger partial charge in [-0.2, -0.15) is 0 Å². The molecule has 1 aromatic heterocycles. The number of carbonyl (C=O) groups is 1. The Balaban J connectivity index is 1.76. The molecule has 0 saturated heterocycles. The minimum atomic E-state index is -1.44. The third kappa shape index (κ3) is 2.03. The monoisotopic (exact) mass is 307 g/mol. The topological polar surface area (TPSA) is 47.8 Å². The number of halogens is 3. The lowest BCUT2D eigenvalue weighted by molar-refractivity contribution is 0.0956. The Morgan fingerprint density at radius 2 is 2.05 bits per heavy atom. The summed E-state index contributed by atoms with van der Waals surface area (Å²) in [5, 5.41) is 4.06. The zero-order chi connectivity index (χ0) is 15.4. The van der Waals surface area contributed by atoms with Gasteiger partial charge in [0.05, 0.1) is 6.04 Å². The van der Waals surface area contributed by atoms with Crippen LogP contribution < -0.4 is 0 Å². The molecule has 1 saturated carbocycles. The van der Waals surface area contributed by atoms with Gasteiger partial charge in [0.15, 0.2) is 12.0 Å². The number of rotatable bonds is 3. The molecule has 7 heteroatoms. The summed E-state index contributed by atoms with van der Waals surface area (Å²) in [6.45, 7) is 0. The van der Waals surface area contributed by atoms with Crippen LogP contribution in [-0.4, -0.2) is 20.5 Å². The van der Waals surface area contributed by atoms with Crippen LogP contribution in [0.5, 0.6) is 0 Å². The molecule has 0 N–H and O–H groups in total. The summed E-state index contributed by atoms with van der Waals surface area (Å²) in [5.74, 6) is -1.52. The second-order valence-corrected chi connectivity index (χ2v) is 5.76. The van der Waals surface area contributed by atoms with Gasteiger partial charge in [-0.25, -0.2) is 22.8 Å². The molecular formula is C15H12F3N3O. The molecule has 2 aliphatic rings. The number of hydrogen-bond donors (Lipinski definition) is 0. The summed E-state index contributed by atoms with van der Waals surface area (Å²) in [6, 6.07) is 2.26. The van der Waals surface area contributed by atoms with Crippen molar-refractivity contribution in [1.29, 1.82) is 0 Å². The number of hydrogen-bond acceptors (Lipinski definition) is 3. The van der Waals surface area contributed by atoms with E-state index in [4.69, 9.17) is 0 Å². The first-order chi connectivity index (χ1) is 10.5. The van der Waals surface area contributed by atoms with Crippen LogP contribution in [0.2, 0.25) is 0 Å². The molecule has 0 bridgehead atoms. The van der Waals surface area contributed by atoms with E-state index in [2.05, 4.69) is 10.1 Å². The highest BCUT2D eigenvalue weighted by atomic mass is 19.1. The van der Waals surface area contributed by atoms with Gasteiger partial charge in [0.2, 0.25) is 11.6 Å². The van der Waals surface area contributed by atoms with E-state index < -0.39 is 23.8 Å². The van der Waals surface area contributed by atoms with Crippen LogP contribution in [0.3, 0.4) is 0 Å². The van der Waals surface area contributed by atoms with E-state index in [1.165, 1.54) is 4.68 Å². The van der Waals surface area contributed by atoms with E-state index in [9.17, 15) is 18.0 Å². The van der Waals surface area contributed by atoms with Crippen LogP contribution in [0.4, 0.5) is 13.2 Å². The molecule has 22 heavy (non-hydrogen) atoms. The van der Waals surface area contributed by atoms with E-state index in [0.717, 1.165) is 31.0 Å². The fourth-order valence-corrected chi connectivity index (χ4v) is 2.84. The molecule has 4 rings (SSSR count). The molecule has 114 valence electrons. The lowest BCUT2D eigenvalue weighted by atomic mass is 10.0. The molecule has 2 atom stereocenters. The number of aromatic nitrogens is 3. The Labute approximate surface area is 124 Å². The molecule has 2 aromatic rings. The molecule has 1 fully saturated rings. The highest BCUT2D eigenvalue weighted by Crippen LogP contribution is 2.41. The van der Waals surface area contributed by atoms with Gasteiger partial charge < -0.3 is 0 Å². The molecule has 1 aliphatic heterocycles. The van der Waals surface area contributed by atoms with Gasteiger partial charge in [-0.1, -0.05) is 0 Å². The highest BCUT2D eigenvalue weighted by Gasteiger charge is 2.40. The number of alkyl halides is 1. The zero-order valence-electron chi connectivity index (χ0n) is 11.5. The summed E-state index contributed by atoms with van der Waals surface area (Å²) < 4.78 is 42.6. The molecular weight excluding hydrogens is 295 g/mol. The molecule has 1 aliphatic carbocycles. The van der Waals surface area contributed by atoms with Gasteiger partial charge in [-0.05, 0) is 31.0 Å². The Bertz CT molecular complexity index is 769. The van der Waals surface area contributed by atoms with Crippen molar-refractivity contribution in [2.75, 3.05) is 0 Å². The molecule has 0 radical (unpaired) electrons.